The average Bonchev–Trinajstić information content (AvgIpc) is 2.71. The second kappa shape index (κ2) is 10.0. The Kier molecular flexibility index (Phi) is 7.77. The second-order valence-electron chi connectivity index (χ2n) is 5.61. The molecule has 0 spiro atoms. The molecular weight excluding hydrogens is 363 g/mol. The molecule has 1 N–H and O–H groups in total. The number of aromatic nitrogens is 1. The molecule has 0 amide bonds. The largest absolute Gasteiger partial charge is 0.481 e. The Morgan fingerprint density at radius 1 is 1.04 bits per heavy atom. The molecule has 1 atom stereocenters. The van der Waals surface area contributed by atoms with Gasteiger partial charge in [-0.3, -0.25) is 0 Å². The van der Waals surface area contributed by atoms with Crippen molar-refractivity contribution in [3.8, 4) is 17.0 Å². The topological polar surface area (TPSA) is 34.2 Å². The Labute approximate surface area is 165 Å². The third kappa shape index (κ3) is 5.06. The van der Waals surface area contributed by atoms with E-state index in [1.807, 2.05) is 51.2 Å². The monoisotopic (exact) mass is 386 g/mol. The van der Waals surface area contributed by atoms with Gasteiger partial charge in [-0.1, -0.05) is 49.7 Å². The third-order valence-corrected chi connectivity index (χ3v) is 4.26. The summed E-state index contributed by atoms with van der Waals surface area (Å²) in [6.07, 6.45) is 1.76. The van der Waals surface area contributed by atoms with Crippen LogP contribution in [0, 0.1) is 5.82 Å². The van der Waals surface area contributed by atoms with Gasteiger partial charge >= 0.3 is 0 Å². The lowest BCUT2D eigenvalue weighted by Gasteiger charge is -2.19. The lowest BCUT2D eigenvalue weighted by Crippen LogP contribution is -2.18. The number of hydrogen-bond donors (Lipinski definition) is 1. The highest BCUT2D eigenvalue weighted by Gasteiger charge is 2.16. The number of nitrogens with zero attached hydrogens (tertiary/aromatic N) is 1. The molecule has 1 heterocycles. The van der Waals surface area contributed by atoms with Crippen LogP contribution in [0.25, 0.3) is 11.1 Å². The Bertz CT molecular complexity index is 868. The summed E-state index contributed by atoms with van der Waals surface area (Å²) >= 11 is 6.12. The summed E-state index contributed by atoms with van der Waals surface area (Å²) in [5.41, 5.74) is 3.68. The van der Waals surface area contributed by atoms with Crippen LogP contribution < -0.4 is 10.1 Å². The van der Waals surface area contributed by atoms with Crippen LogP contribution in [-0.2, 0) is 0 Å². The number of benzene rings is 2. The number of ether oxygens (including phenoxy) is 1. The Balaban J connectivity index is 0.00000126. The van der Waals surface area contributed by atoms with Crippen molar-refractivity contribution in [2.75, 3.05) is 14.2 Å². The fourth-order valence-corrected chi connectivity index (χ4v) is 3.02. The van der Waals surface area contributed by atoms with Gasteiger partial charge < -0.3 is 10.1 Å². The quantitative estimate of drug-likeness (QED) is 0.594. The summed E-state index contributed by atoms with van der Waals surface area (Å²) < 4.78 is 18.6. The summed E-state index contributed by atoms with van der Waals surface area (Å²) in [4.78, 5) is 4.44. The molecule has 5 heteroatoms. The minimum absolute atomic E-state index is 0.114. The van der Waals surface area contributed by atoms with Gasteiger partial charge in [0.05, 0.1) is 13.2 Å². The SMILES string of the molecule is CC.CNC(c1ccc(F)cc1)c1cnc(OC)c(-c2cccc(Cl)c2)c1. The Hall–Kier alpha value is -2.43. The Morgan fingerprint density at radius 3 is 2.33 bits per heavy atom. The molecule has 0 bridgehead atoms. The van der Waals surface area contributed by atoms with E-state index in [0.29, 0.717) is 10.9 Å². The van der Waals surface area contributed by atoms with Gasteiger partial charge in [0.1, 0.15) is 5.82 Å². The average molecular weight is 387 g/mol. The number of hydrogen-bond acceptors (Lipinski definition) is 3. The molecule has 1 aromatic heterocycles. The highest BCUT2D eigenvalue weighted by Crippen LogP contribution is 2.33. The molecule has 27 heavy (non-hydrogen) atoms. The molecule has 142 valence electrons. The van der Waals surface area contributed by atoms with Crippen molar-refractivity contribution in [3.05, 3.63) is 82.8 Å². The van der Waals surface area contributed by atoms with E-state index in [-0.39, 0.29) is 11.9 Å². The number of halogens is 2. The van der Waals surface area contributed by atoms with Crippen molar-refractivity contribution in [2.24, 2.45) is 0 Å². The number of methoxy groups -OCH3 is 1. The summed E-state index contributed by atoms with van der Waals surface area (Å²) in [6.45, 7) is 4.00. The minimum atomic E-state index is -0.258. The zero-order valence-electron chi connectivity index (χ0n) is 16.0. The van der Waals surface area contributed by atoms with E-state index in [1.54, 1.807) is 25.4 Å². The van der Waals surface area contributed by atoms with Gasteiger partial charge in [0, 0.05) is 16.8 Å². The minimum Gasteiger partial charge on any atom is -0.481 e. The maximum Gasteiger partial charge on any atom is 0.221 e. The first kappa shape index (κ1) is 20.9. The van der Waals surface area contributed by atoms with E-state index < -0.39 is 0 Å². The Morgan fingerprint density at radius 2 is 1.74 bits per heavy atom. The first-order chi connectivity index (χ1) is 13.1. The van der Waals surface area contributed by atoms with Crippen molar-refractivity contribution in [2.45, 2.75) is 19.9 Å². The van der Waals surface area contributed by atoms with Crippen LogP contribution in [-0.4, -0.2) is 19.1 Å². The van der Waals surface area contributed by atoms with E-state index in [1.165, 1.54) is 12.1 Å². The normalized spacial score (nSPS) is 11.3. The highest BCUT2D eigenvalue weighted by molar-refractivity contribution is 6.30. The molecule has 3 nitrogen and oxygen atoms in total. The third-order valence-electron chi connectivity index (χ3n) is 4.03. The van der Waals surface area contributed by atoms with Crippen molar-refractivity contribution < 1.29 is 9.13 Å². The number of pyridine rings is 1. The molecular formula is C22H24ClFN2O. The summed E-state index contributed by atoms with van der Waals surface area (Å²) in [7, 11) is 3.45. The van der Waals surface area contributed by atoms with Crippen LogP contribution in [0.3, 0.4) is 0 Å². The molecule has 0 aliphatic carbocycles. The smallest absolute Gasteiger partial charge is 0.221 e. The van der Waals surface area contributed by atoms with Crippen molar-refractivity contribution in [3.63, 3.8) is 0 Å². The van der Waals surface area contributed by atoms with E-state index >= 15 is 0 Å². The maximum absolute atomic E-state index is 13.2. The van der Waals surface area contributed by atoms with Gasteiger partial charge in [0.2, 0.25) is 5.88 Å². The molecule has 0 saturated heterocycles. The molecule has 1 unspecified atom stereocenters. The fourth-order valence-electron chi connectivity index (χ4n) is 2.83. The molecule has 3 rings (SSSR count). The fraction of sp³-hybridized carbons (Fsp3) is 0.227. The summed E-state index contributed by atoms with van der Waals surface area (Å²) in [6, 6.07) is 15.9. The summed E-state index contributed by atoms with van der Waals surface area (Å²) in [5, 5.41) is 3.90. The van der Waals surface area contributed by atoms with Crippen molar-refractivity contribution >= 4 is 11.6 Å². The van der Waals surface area contributed by atoms with E-state index in [2.05, 4.69) is 10.3 Å². The standard InChI is InChI=1S/C20H18ClFN2O.C2H6/c1-23-19(13-6-8-17(22)9-7-13)15-11-18(20(25-2)24-12-15)14-4-3-5-16(21)10-14;1-2/h3-12,19,23H,1-2H3;1-2H3. The van der Waals surface area contributed by atoms with Crippen LogP contribution in [0.5, 0.6) is 5.88 Å². The van der Waals surface area contributed by atoms with Crippen LogP contribution in [0.1, 0.15) is 31.0 Å². The number of nitrogens with one attached hydrogen (secondary N) is 1. The van der Waals surface area contributed by atoms with E-state index in [4.69, 9.17) is 16.3 Å². The van der Waals surface area contributed by atoms with Gasteiger partial charge in [-0.25, -0.2) is 9.37 Å². The molecule has 0 aliphatic rings. The molecule has 0 radical (unpaired) electrons. The highest BCUT2D eigenvalue weighted by atomic mass is 35.5. The van der Waals surface area contributed by atoms with E-state index in [0.717, 1.165) is 22.3 Å². The molecule has 0 aliphatic heterocycles. The van der Waals surface area contributed by atoms with Gasteiger partial charge in [-0.15, -0.1) is 0 Å². The van der Waals surface area contributed by atoms with Gasteiger partial charge in [-0.2, -0.15) is 0 Å². The van der Waals surface area contributed by atoms with Crippen LogP contribution in [0.4, 0.5) is 4.39 Å². The van der Waals surface area contributed by atoms with Crippen LogP contribution in [0.2, 0.25) is 5.02 Å². The van der Waals surface area contributed by atoms with Crippen LogP contribution in [0.15, 0.2) is 60.8 Å². The first-order valence-electron chi connectivity index (χ1n) is 8.85. The maximum atomic E-state index is 13.2. The second-order valence-corrected chi connectivity index (χ2v) is 6.05. The van der Waals surface area contributed by atoms with Crippen LogP contribution >= 0.6 is 11.6 Å². The van der Waals surface area contributed by atoms with Crippen molar-refractivity contribution in [1.82, 2.24) is 10.3 Å². The zero-order valence-corrected chi connectivity index (χ0v) is 16.7. The lowest BCUT2D eigenvalue weighted by atomic mass is 9.97. The lowest BCUT2D eigenvalue weighted by molar-refractivity contribution is 0.399. The van der Waals surface area contributed by atoms with Crippen molar-refractivity contribution in [1.29, 1.82) is 0 Å². The predicted octanol–water partition coefficient (Wildman–Crippen LogP) is 5.88. The van der Waals surface area contributed by atoms with Gasteiger partial charge in [-0.05, 0) is 54.1 Å². The van der Waals surface area contributed by atoms with E-state index in [9.17, 15) is 4.39 Å². The molecule has 2 aromatic carbocycles. The summed E-state index contributed by atoms with van der Waals surface area (Å²) in [5.74, 6) is 0.269. The zero-order chi connectivity index (χ0) is 19.8. The predicted molar refractivity (Wildman–Crippen MR) is 110 cm³/mol. The first-order valence-corrected chi connectivity index (χ1v) is 9.22. The molecule has 0 fully saturated rings. The van der Waals surface area contributed by atoms with Gasteiger partial charge in [0.15, 0.2) is 0 Å². The molecule has 3 aromatic rings. The van der Waals surface area contributed by atoms with Gasteiger partial charge in [0.25, 0.3) is 0 Å². The molecule has 0 saturated carbocycles. The number of rotatable bonds is 5.